The molecule has 1 aromatic carbocycles. The highest BCUT2D eigenvalue weighted by atomic mass is 32.2. The van der Waals surface area contributed by atoms with Gasteiger partial charge in [0.1, 0.15) is 5.82 Å². The maximum Gasteiger partial charge on any atom is 0.344 e. The van der Waals surface area contributed by atoms with Crippen LogP contribution in [0.15, 0.2) is 33.0 Å². The third-order valence-electron chi connectivity index (χ3n) is 2.97. The van der Waals surface area contributed by atoms with E-state index in [-0.39, 0.29) is 17.5 Å². The first-order valence-electron chi connectivity index (χ1n) is 6.86. The van der Waals surface area contributed by atoms with Crippen molar-refractivity contribution in [3.63, 3.8) is 0 Å². The van der Waals surface area contributed by atoms with Crippen LogP contribution in [0.4, 0.5) is 4.39 Å². The van der Waals surface area contributed by atoms with E-state index in [0.717, 1.165) is 23.9 Å². The van der Waals surface area contributed by atoms with Crippen LogP contribution >= 0.6 is 11.8 Å². The molecule has 5 nitrogen and oxygen atoms in total. The van der Waals surface area contributed by atoms with Gasteiger partial charge in [-0.2, -0.15) is 0 Å². The minimum atomic E-state index is -0.304. The summed E-state index contributed by atoms with van der Waals surface area (Å²) in [6, 6.07) is 5.07. The fourth-order valence-corrected chi connectivity index (χ4v) is 2.89. The Morgan fingerprint density at radius 2 is 2.24 bits per heavy atom. The van der Waals surface area contributed by atoms with Crippen LogP contribution in [0.25, 0.3) is 0 Å². The topological polar surface area (TPSA) is 62.7 Å². The van der Waals surface area contributed by atoms with E-state index < -0.39 is 0 Å². The van der Waals surface area contributed by atoms with E-state index in [1.165, 1.54) is 10.6 Å². The number of nitrogens with zero attached hydrogens (tertiary/aromatic N) is 2. The summed E-state index contributed by atoms with van der Waals surface area (Å²) >= 11 is 1.15. The van der Waals surface area contributed by atoms with E-state index in [9.17, 15) is 9.18 Å². The number of benzene rings is 1. The summed E-state index contributed by atoms with van der Waals surface area (Å²) < 4.78 is 15.6. The zero-order chi connectivity index (χ0) is 15.4. The first-order valence-corrected chi connectivity index (χ1v) is 7.68. The van der Waals surface area contributed by atoms with Crippen molar-refractivity contribution in [3.05, 3.63) is 40.1 Å². The summed E-state index contributed by atoms with van der Waals surface area (Å²) in [5, 5.41) is 9.97. The minimum Gasteiger partial charge on any atom is -0.313 e. The molecule has 0 saturated carbocycles. The molecule has 0 aliphatic carbocycles. The Bertz CT molecular complexity index is 665. The first-order chi connectivity index (χ1) is 10.0. The highest BCUT2D eigenvalue weighted by Gasteiger charge is 2.14. The average Bonchev–Trinajstić information content (AvgIpc) is 2.80. The van der Waals surface area contributed by atoms with E-state index in [2.05, 4.69) is 15.5 Å². The standard InChI is InChI=1S/C14H19FN4OS/c1-4-16-8-10-5-6-12(11(15)7-10)21-14-18-17-13(20)19(14)9(2)3/h5-7,9,16H,4,8H2,1-3H3,(H,17,20). The van der Waals surface area contributed by atoms with Crippen LogP contribution in [0, 0.1) is 5.82 Å². The molecule has 0 bridgehead atoms. The van der Waals surface area contributed by atoms with Gasteiger partial charge in [-0.05, 0) is 49.9 Å². The molecule has 2 N–H and O–H groups in total. The zero-order valence-corrected chi connectivity index (χ0v) is 13.1. The molecule has 1 aromatic heterocycles. The summed E-state index contributed by atoms with van der Waals surface area (Å²) in [6.07, 6.45) is 0. The lowest BCUT2D eigenvalue weighted by molar-refractivity contribution is 0.533. The molecular formula is C14H19FN4OS. The van der Waals surface area contributed by atoms with Crippen molar-refractivity contribution < 1.29 is 4.39 Å². The monoisotopic (exact) mass is 310 g/mol. The van der Waals surface area contributed by atoms with Crippen LogP contribution < -0.4 is 11.0 Å². The van der Waals surface area contributed by atoms with Crippen molar-refractivity contribution in [2.75, 3.05) is 6.54 Å². The molecular weight excluding hydrogens is 291 g/mol. The summed E-state index contributed by atoms with van der Waals surface area (Å²) in [4.78, 5) is 12.1. The minimum absolute atomic E-state index is 0.0326. The van der Waals surface area contributed by atoms with E-state index >= 15 is 0 Å². The SMILES string of the molecule is CCNCc1ccc(Sc2n[nH]c(=O)n2C(C)C)c(F)c1. The molecule has 0 radical (unpaired) electrons. The van der Waals surface area contributed by atoms with Crippen LogP contribution in [0.3, 0.4) is 0 Å². The normalized spacial score (nSPS) is 11.3. The number of hydrogen-bond acceptors (Lipinski definition) is 4. The van der Waals surface area contributed by atoms with Gasteiger partial charge in [-0.1, -0.05) is 13.0 Å². The number of rotatable bonds is 6. The lowest BCUT2D eigenvalue weighted by atomic mass is 10.2. The van der Waals surface area contributed by atoms with Gasteiger partial charge in [0.05, 0.1) is 4.90 Å². The maximum absolute atomic E-state index is 14.1. The van der Waals surface area contributed by atoms with Gasteiger partial charge in [-0.3, -0.25) is 4.57 Å². The van der Waals surface area contributed by atoms with Crippen LogP contribution in [0.2, 0.25) is 0 Å². The number of nitrogens with one attached hydrogen (secondary N) is 2. The average molecular weight is 310 g/mol. The number of H-pyrrole nitrogens is 1. The van der Waals surface area contributed by atoms with Gasteiger partial charge < -0.3 is 5.32 Å². The number of halogens is 1. The second kappa shape index (κ2) is 6.91. The fourth-order valence-electron chi connectivity index (χ4n) is 1.92. The van der Waals surface area contributed by atoms with Crippen LogP contribution in [0.1, 0.15) is 32.4 Å². The summed E-state index contributed by atoms with van der Waals surface area (Å²) in [7, 11) is 0. The molecule has 0 unspecified atom stereocenters. The Morgan fingerprint density at radius 3 is 2.86 bits per heavy atom. The van der Waals surface area contributed by atoms with Crippen LogP contribution in [-0.2, 0) is 6.54 Å². The molecule has 2 rings (SSSR count). The van der Waals surface area contributed by atoms with E-state index in [1.807, 2.05) is 26.8 Å². The second-order valence-corrected chi connectivity index (χ2v) is 5.93. The van der Waals surface area contributed by atoms with E-state index in [1.54, 1.807) is 6.07 Å². The van der Waals surface area contributed by atoms with Gasteiger partial charge in [-0.25, -0.2) is 14.3 Å². The molecule has 0 atom stereocenters. The maximum atomic E-state index is 14.1. The largest absolute Gasteiger partial charge is 0.344 e. The zero-order valence-electron chi connectivity index (χ0n) is 12.3. The Balaban J connectivity index is 2.22. The van der Waals surface area contributed by atoms with Crippen molar-refractivity contribution in [2.24, 2.45) is 0 Å². The van der Waals surface area contributed by atoms with Crippen molar-refractivity contribution in [1.82, 2.24) is 20.1 Å². The predicted octanol–water partition coefficient (Wildman–Crippen LogP) is 2.55. The molecule has 0 aliphatic heterocycles. The number of hydrogen-bond donors (Lipinski definition) is 2. The molecule has 21 heavy (non-hydrogen) atoms. The highest BCUT2D eigenvalue weighted by Crippen LogP contribution is 2.29. The van der Waals surface area contributed by atoms with Gasteiger partial charge in [0, 0.05) is 12.6 Å². The molecule has 0 saturated heterocycles. The summed E-state index contributed by atoms with van der Waals surface area (Å²) in [5.74, 6) is -0.304. The lowest BCUT2D eigenvalue weighted by Crippen LogP contribution is -2.19. The number of aromatic nitrogens is 3. The first kappa shape index (κ1) is 15.8. The molecule has 0 amide bonds. The Kier molecular flexibility index (Phi) is 5.19. The number of aromatic amines is 1. The third kappa shape index (κ3) is 3.74. The van der Waals surface area contributed by atoms with E-state index in [0.29, 0.717) is 16.6 Å². The van der Waals surface area contributed by atoms with Gasteiger partial charge in [-0.15, -0.1) is 5.10 Å². The Labute approximate surface area is 127 Å². The van der Waals surface area contributed by atoms with Crippen LogP contribution in [0.5, 0.6) is 0 Å². The third-order valence-corrected chi connectivity index (χ3v) is 3.99. The Hall–Kier alpha value is -1.60. The molecule has 0 fully saturated rings. The van der Waals surface area contributed by atoms with Gasteiger partial charge in [0.25, 0.3) is 0 Å². The van der Waals surface area contributed by atoms with Gasteiger partial charge in [0.15, 0.2) is 5.16 Å². The fraction of sp³-hybridized carbons (Fsp3) is 0.429. The van der Waals surface area contributed by atoms with Crippen molar-refractivity contribution in [2.45, 2.75) is 43.4 Å². The molecule has 1 heterocycles. The quantitative estimate of drug-likeness (QED) is 0.861. The van der Waals surface area contributed by atoms with Crippen molar-refractivity contribution in [1.29, 1.82) is 0 Å². The Morgan fingerprint density at radius 1 is 1.48 bits per heavy atom. The second-order valence-electron chi connectivity index (χ2n) is 4.92. The highest BCUT2D eigenvalue weighted by molar-refractivity contribution is 7.99. The molecule has 2 aromatic rings. The van der Waals surface area contributed by atoms with Crippen LogP contribution in [-0.4, -0.2) is 21.3 Å². The summed E-state index contributed by atoms with van der Waals surface area (Å²) in [6.45, 7) is 7.25. The van der Waals surface area contributed by atoms with Crippen molar-refractivity contribution in [3.8, 4) is 0 Å². The van der Waals surface area contributed by atoms with Crippen molar-refractivity contribution >= 4 is 11.8 Å². The molecule has 114 valence electrons. The van der Waals surface area contributed by atoms with Gasteiger partial charge >= 0.3 is 5.69 Å². The molecule has 7 heteroatoms. The van der Waals surface area contributed by atoms with Gasteiger partial charge in [0.2, 0.25) is 0 Å². The summed E-state index contributed by atoms with van der Waals surface area (Å²) in [5.41, 5.74) is 0.610. The molecule has 0 spiro atoms. The smallest absolute Gasteiger partial charge is 0.313 e. The predicted molar refractivity (Wildman–Crippen MR) is 81.1 cm³/mol. The lowest BCUT2D eigenvalue weighted by Gasteiger charge is -2.09. The molecule has 0 aliphatic rings. The van der Waals surface area contributed by atoms with E-state index in [4.69, 9.17) is 0 Å².